The number of aryl methyl sites for hydroxylation is 1. The van der Waals surface area contributed by atoms with E-state index in [4.69, 9.17) is 0 Å². The van der Waals surface area contributed by atoms with E-state index >= 15 is 0 Å². The zero-order valence-electron chi connectivity index (χ0n) is 9.27. The van der Waals surface area contributed by atoms with Crippen LogP contribution in [0.1, 0.15) is 39.5 Å². The summed E-state index contributed by atoms with van der Waals surface area (Å²) in [5.74, 6) is 0.510. The molecule has 0 heterocycles. The van der Waals surface area contributed by atoms with Gasteiger partial charge in [-0.3, -0.25) is 4.79 Å². The van der Waals surface area contributed by atoms with Gasteiger partial charge >= 0.3 is 0 Å². The molecule has 1 heteroatoms. The number of fused-ring (bicyclic) bond motifs is 1. The van der Waals surface area contributed by atoms with Gasteiger partial charge in [-0.25, -0.2) is 0 Å². The average molecular weight is 188 g/mol. The smallest absolute Gasteiger partial charge is 0.166 e. The lowest BCUT2D eigenvalue weighted by Gasteiger charge is -2.09. The van der Waals surface area contributed by atoms with Gasteiger partial charge in [0.25, 0.3) is 0 Å². The predicted octanol–water partition coefficient (Wildman–Crippen LogP) is 2.99. The summed E-state index contributed by atoms with van der Waals surface area (Å²) in [6, 6.07) is 2.06. The largest absolute Gasteiger partial charge is 0.294 e. The molecule has 0 radical (unpaired) electrons. The minimum absolute atomic E-state index is 0.185. The number of carbonyl (C=O) groups excluding carboxylic acids is 1. The standard InChI is InChI=1S/C13H16O/c1-7-5-12-11(10(4)9(7)3)6-8(2)13(12)14/h5,8H,6H2,1-4H3. The molecule has 0 aromatic heterocycles. The van der Waals surface area contributed by atoms with Gasteiger partial charge < -0.3 is 0 Å². The van der Waals surface area contributed by atoms with Crippen LogP contribution in [-0.4, -0.2) is 5.78 Å². The summed E-state index contributed by atoms with van der Waals surface area (Å²) in [6.45, 7) is 8.37. The van der Waals surface area contributed by atoms with Crippen molar-refractivity contribution in [2.45, 2.75) is 34.1 Å². The van der Waals surface area contributed by atoms with E-state index in [1.54, 1.807) is 0 Å². The summed E-state index contributed by atoms with van der Waals surface area (Å²) in [4.78, 5) is 11.8. The molecule has 0 aliphatic heterocycles. The van der Waals surface area contributed by atoms with E-state index in [2.05, 4.69) is 26.8 Å². The number of hydrogen-bond acceptors (Lipinski definition) is 1. The van der Waals surface area contributed by atoms with E-state index in [-0.39, 0.29) is 5.92 Å². The number of hydrogen-bond donors (Lipinski definition) is 0. The molecule has 2 rings (SSSR count). The van der Waals surface area contributed by atoms with Crippen molar-refractivity contribution in [2.24, 2.45) is 5.92 Å². The van der Waals surface area contributed by atoms with Gasteiger partial charge in [0.2, 0.25) is 0 Å². The Morgan fingerprint density at radius 3 is 2.50 bits per heavy atom. The van der Waals surface area contributed by atoms with Crippen molar-refractivity contribution in [1.29, 1.82) is 0 Å². The Balaban J connectivity index is 2.70. The van der Waals surface area contributed by atoms with Gasteiger partial charge in [-0.1, -0.05) is 6.92 Å². The maximum Gasteiger partial charge on any atom is 0.166 e. The highest BCUT2D eigenvalue weighted by Gasteiger charge is 2.28. The second-order valence-electron chi connectivity index (χ2n) is 4.44. The van der Waals surface area contributed by atoms with E-state index in [0.717, 1.165) is 12.0 Å². The van der Waals surface area contributed by atoms with Crippen LogP contribution >= 0.6 is 0 Å². The van der Waals surface area contributed by atoms with Crippen molar-refractivity contribution in [3.8, 4) is 0 Å². The monoisotopic (exact) mass is 188 g/mol. The Morgan fingerprint density at radius 1 is 1.21 bits per heavy atom. The van der Waals surface area contributed by atoms with E-state index in [1.807, 2.05) is 6.92 Å². The van der Waals surface area contributed by atoms with Crippen molar-refractivity contribution >= 4 is 5.78 Å². The zero-order valence-corrected chi connectivity index (χ0v) is 9.27. The van der Waals surface area contributed by atoms with Crippen molar-refractivity contribution in [3.05, 3.63) is 33.9 Å². The van der Waals surface area contributed by atoms with Crippen LogP contribution in [0, 0.1) is 26.7 Å². The van der Waals surface area contributed by atoms with Crippen LogP contribution in [0.15, 0.2) is 6.07 Å². The van der Waals surface area contributed by atoms with Gasteiger partial charge in [-0.2, -0.15) is 0 Å². The second-order valence-corrected chi connectivity index (χ2v) is 4.44. The highest BCUT2D eigenvalue weighted by atomic mass is 16.1. The molecule has 1 aromatic rings. The molecule has 0 saturated heterocycles. The quantitative estimate of drug-likeness (QED) is 0.611. The molecule has 0 spiro atoms. The predicted molar refractivity (Wildman–Crippen MR) is 57.9 cm³/mol. The summed E-state index contributed by atoms with van der Waals surface area (Å²) < 4.78 is 0. The molecule has 0 bridgehead atoms. The fourth-order valence-corrected chi connectivity index (χ4v) is 2.28. The number of benzene rings is 1. The van der Waals surface area contributed by atoms with Crippen LogP contribution in [0.25, 0.3) is 0 Å². The lowest BCUT2D eigenvalue weighted by atomic mass is 9.95. The Bertz CT molecular complexity index is 416. The maximum absolute atomic E-state index is 11.8. The molecular formula is C13H16O. The van der Waals surface area contributed by atoms with E-state index < -0.39 is 0 Å². The Labute approximate surface area is 85.1 Å². The third-order valence-corrected chi connectivity index (χ3v) is 3.52. The van der Waals surface area contributed by atoms with Gasteiger partial charge in [0.05, 0.1) is 0 Å². The Kier molecular flexibility index (Phi) is 1.99. The van der Waals surface area contributed by atoms with Crippen LogP contribution in [-0.2, 0) is 6.42 Å². The number of ketones is 1. The van der Waals surface area contributed by atoms with E-state index in [9.17, 15) is 4.79 Å². The van der Waals surface area contributed by atoms with Gasteiger partial charge in [0.1, 0.15) is 0 Å². The fourth-order valence-electron chi connectivity index (χ4n) is 2.28. The molecule has 0 N–H and O–H groups in total. The number of carbonyl (C=O) groups is 1. The minimum Gasteiger partial charge on any atom is -0.294 e. The minimum atomic E-state index is 0.185. The number of Topliss-reactive ketones (excluding diaryl/α,β-unsaturated/α-hetero) is 1. The second kappa shape index (κ2) is 2.94. The first-order valence-corrected chi connectivity index (χ1v) is 5.16. The molecule has 0 fully saturated rings. The Morgan fingerprint density at radius 2 is 1.86 bits per heavy atom. The van der Waals surface area contributed by atoms with Gasteiger partial charge in [-0.05, 0) is 55.5 Å². The SMILES string of the molecule is Cc1cc2c(c(C)c1C)CC(C)C2=O. The van der Waals surface area contributed by atoms with E-state index in [0.29, 0.717) is 5.78 Å². The third kappa shape index (κ3) is 1.12. The highest BCUT2D eigenvalue weighted by Crippen LogP contribution is 2.32. The molecular weight excluding hydrogens is 172 g/mol. The molecule has 1 aliphatic carbocycles. The van der Waals surface area contributed by atoms with Crippen LogP contribution in [0.5, 0.6) is 0 Å². The van der Waals surface area contributed by atoms with Crippen LogP contribution < -0.4 is 0 Å². The first kappa shape index (κ1) is 9.45. The summed E-state index contributed by atoms with van der Waals surface area (Å²) >= 11 is 0. The van der Waals surface area contributed by atoms with Crippen molar-refractivity contribution in [2.75, 3.05) is 0 Å². The highest BCUT2D eigenvalue weighted by molar-refractivity contribution is 6.02. The van der Waals surface area contributed by atoms with Crippen molar-refractivity contribution in [3.63, 3.8) is 0 Å². The zero-order chi connectivity index (χ0) is 10.5. The molecule has 1 nitrogen and oxygen atoms in total. The lowest BCUT2D eigenvalue weighted by molar-refractivity contribution is 0.0946. The number of rotatable bonds is 0. The molecule has 0 amide bonds. The maximum atomic E-state index is 11.8. The third-order valence-electron chi connectivity index (χ3n) is 3.52. The van der Waals surface area contributed by atoms with Crippen LogP contribution in [0.2, 0.25) is 0 Å². The molecule has 14 heavy (non-hydrogen) atoms. The van der Waals surface area contributed by atoms with Crippen molar-refractivity contribution in [1.82, 2.24) is 0 Å². The van der Waals surface area contributed by atoms with Crippen LogP contribution in [0.3, 0.4) is 0 Å². The lowest BCUT2D eigenvalue weighted by Crippen LogP contribution is -2.03. The van der Waals surface area contributed by atoms with Crippen LogP contribution in [0.4, 0.5) is 0 Å². The molecule has 1 aromatic carbocycles. The summed E-state index contributed by atoms with van der Waals surface area (Å²) in [5, 5.41) is 0. The van der Waals surface area contributed by atoms with Crippen molar-refractivity contribution < 1.29 is 4.79 Å². The van der Waals surface area contributed by atoms with Gasteiger partial charge in [-0.15, -0.1) is 0 Å². The molecule has 0 saturated carbocycles. The van der Waals surface area contributed by atoms with E-state index in [1.165, 1.54) is 22.3 Å². The molecule has 1 unspecified atom stereocenters. The summed E-state index contributed by atoms with van der Waals surface area (Å²) in [6.07, 6.45) is 0.932. The molecule has 74 valence electrons. The first-order valence-electron chi connectivity index (χ1n) is 5.16. The fraction of sp³-hybridized carbons (Fsp3) is 0.462. The summed E-state index contributed by atoms with van der Waals surface area (Å²) in [5.41, 5.74) is 6.15. The summed E-state index contributed by atoms with van der Waals surface area (Å²) in [7, 11) is 0. The average Bonchev–Trinajstić information content (AvgIpc) is 2.42. The topological polar surface area (TPSA) is 17.1 Å². The molecule has 1 atom stereocenters. The van der Waals surface area contributed by atoms with Gasteiger partial charge in [0, 0.05) is 11.5 Å². The normalized spacial score (nSPS) is 20.0. The molecule has 1 aliphatic rings. The van der Waals surface area contributed by atoms with Gasteiger partial charge in [0.15, 0.2) is 5.78 Å². The Hall–Kier alpha value is -1.11. The first-order chi connectivity index (χ1) is 6.52.